The molecule has 0 spiro atoms. The summed E-state index contributed by atoms with van der Waals surface area (Å²) in [5.74, 6) is 1.000. The Kier molecular flexibility index (Phi) is 3.29. The van der Waals surface area contributed by atoms with Crippen LogP contribution in [0, 0.1) is 0 Å². The number of nitrogens with one attached hydrogen (secondary N) is 1. The molecule has 1 aromatic rings. The summed E-state index contributed by atoms with van der Waals surface area (Å²) in [6.45, 7) is 0.786. The van der Waals surface area contributed by atoms with Crippen LogP contribution in [0.25, 0.3) is 0 Å². The maximum absolute atomic E-state index is 5.96. The molecule has 0 bridgehead atoms. The van der Waals surface area contributed by atoms with Crippen LogP contribution in [0.3, 0.4) is 0 Å². The third kappa shape index (κ3) is 2.33. The molecule has 15 heavy (non-hydrogen) atoms. The van der Waals surface area contributed by atoms with E-state index in [1.54, 1.807) is 0 Å². The zero-order chi connectivity index (χ0) is 10.7. The molecule has 0 amide bonds. The Morgan fingerprint density at radius 1 is 1.47 bits per heavy atom. The molecule has 1 aliphatic heterocycles. The number of hydrogen-bond donors (Lipinski definition) is 1. The van der Waals surface area contributed by atoms with Gasteiger partial charge in [0.25, 0.3) is 0 Å². The first kappa shape index (κ1) is 10.5. The van der Waals surface area contributed by atoms with Crippen LogP contribution in [0.4, 0.5) is 0 Å². The summed E-state index contributed by atoms with van der Waals surface area (Å²) in [7, 11) is 1.92. The Morgan fingerprint density at radius 3 is 2.93 bits per heavy atom. The minimum absolute atomic E-state index is 0.117. The van der Waals surface area contributed by atoms with Crippen molar-refractivity contribution in [2.75, 3.05) is 13.7 Å². The van der Waals surface area contributed by atoms with Gasteiger partial charge in [0, 0.05) is 11.4 Å². The maximum atomic E-state index is 5.96. The quantitative estimate of drug-likeness (QED) is 0.851. The Labute approximate surface area is 94.9 Å². The second kappa shape index (κ2) is 4.69. The Bertz CT molecular complexity index is 376. The van der Waals surface area contributed by atoms with Crippen LogP contribution >= 0.6 is 11.6 Å². The van der Waals surface area contributed by atoms with Gasteiger partial charge in [0.15, 0.2) is 0 Å². The van der Waals surface area contributed by atoms with E-state index in [-0.39, 0.29) is 6.04 Å². The highest BCUT2D eigenvalue weighted by atomic mass is 35.5. The highest BCUT2D eigenvalue weighted by Gasteiger charge is 2.18. The molecule has 0 saturated carbocycles. The van der Waals surface area contributed by atoms with Gasteiger partial charge in [0.2, 0.25) is 0 Å². The highest BCUT2D eigenvalue weighted by molar-refractivity contribution is 6.30. The minimum Gasteiger partial charge on any atom is -0.496 e. The van der Waals surface area contributed by atoms with Gasteiger partial charge in [-0.1, -0.05) is 23.7 Å². The first-order valence-electron chi connectivity index (χ1n) is 5.07. The lowest BCUT2D eigenvalue weighted by atomic mass is 10.1. The number of likely N-dealkylation sites (N-methyl/N-ethyl adjacent to an activating group) is 1. The largest absolute Gasteiger partial charge is 0.496 e. The molecule has 1 heterocycles. The van der Waals surface area contributed by atoms with Crippen molar-refractivity contribution in [3.05, 3.63) is 46.7 Å². The Hall–Kier alpha value is -0.990. The van der Waals surface area contributed by atoms with Gasteiger partial charge >= 0.3 is 0 Å². The van der Waals surface area contributed by atoms with Crippen molar-refractivity contribution in [2.45, 2.75) is 12.5 Å². The van der Waals surface area contributed by atoms with Gasteiger partial charge in [-0.15, -0.1) is 0 Å². The lowest BCUT2D eigenvalue weighted by Crippen LogP contribution is -2.18. The summed E-state index contributed by atoms with van der Waals surface area (Å²) < 4.78 is 5.56. The molecule has 2 rings (SSSR count). The number of ether oxygens (including phenoxy) is 1. The van der Waals surface area contributed by atoms with Crippen molar-refractivity contribution in [1.82, 2.24) is 5.32 Å². The smallest absolute Gasteiger partial charge is 0.114 e. The van der Waals surface area contributed by atoms with E-state index in [1.165, 1.54) is 0 Å². The molecule has 3 heteroatoms. The van der Waals surface area contributed by atoms with Gasteiger partial charge in [-0.05, 0) is 30.8 Å². The molecule has 1 N–H and O–H groups in total. The van der Waals surface area contributed by atoms with Crippen molar-refractivity contribution >= 4 is 11.6 Å². The first-order valence-corrected chi connectivity index (χ1v) is 5.44. The number of hydrogen-bond acceptors (Lipinski definition) is 2. The highest BCUT2D eigenvalue weighted by Crippen LogP contribution is 2.27. The molecular formula is C12H14ClNO. The lowest BCUT2D eigenvalue weighted by molar-refractivity contribution is 0.218. The first-order chi connectivity index (χ1) is 7.31. The van der Waals surface area contributed by atoms with Crippen molar-refractivity contribution in [3.8, 4) is 0 Å². The molecule has 0 radical (unpaired) electrons. The number of benzene rings is 1. The number of halogens is 1. The predicted molar refractivity (Wildman–Crippen MR) is 61.9 cm³/mol. The summed E-state index contributed by atoms with van der Waals surface area (Å²) in [5.41, 5.74) is 1.14. The molecule has 0 saturated heterocycles. The lowest BCUT2D eigenvalue weighted by Gasteiger charge is -2.18. The molecule has 80 valence electrons. The normalized spacial score (nSPS) is 17.1. The van der Waals surface area contributed by atoms with Crippen molar-refractivity contribution in [3.63, 3.8) is 0 Å². The average Bonchev–Trinajstić information content (AvgIpc) is 2.72. The molecule has 1 aliphatic rings. The summed E-state index contributed by atoms with van der Waals surface area (Å²) in [6.07, 6.45) is 3.12. The monoisotopic (exact) mass is 223 g/mol. The van der Waals surface area contributed by atoms with Gasteiger partial charge in [-0.25, -0.2) is 0 Å². The summed E-state index contributed by atoms with van der Waals surface area (Å²) in [6, 6.07) is 7.96. The second-order valence-electron chi connectivity index (χ2n) is 3.52. The van der Waals surface area contributed by atoms with E-state index in [0.29, 0.717) is 0 Å². The fourth-order valence-corrected chi connectivity index (χ4v) is 2.00. The molecule has 0 aromatic heterocycles. The Balaban J connectivity index is 2.26. The van der Waals surface area contributed by atoms with E-state index in [2.05, 4.69) is 17.5 Å². The molecule has 1 atom stereocenters. The van der Waals surface area contributed by atoms with Crippen LogP contribution in [-0.2, 0) is 4.74 Å². The van der Waals surface area contributed by atoms with Crippen LogP contribution in [0.1, 0.15) is 18.0 Å². The third-order valence-electron chi connectivity index (χ3n) is 2.49. The topological polar surface area (TPSA) is 21.3 Å². The van der Waals surface area contributed by atoms with E-state index in [1.807, 2.05) is 25.2 Å². The fraction of sp³-hybridized carbons (Fsp3) is 0.333. The average molecular weight is 224 g/mol. The standard InChI is InChI=1S/C12H14ClNO/c1-14-12(11-6-3-7-15-11)9-4-2-5-10(13)8-9/h2,4-6,8,12,14H,3,7H2,1H3. The fourth-order valence-electron chi connectivity index (χ4n) is 1.80. The van der Waals surface area contributed by atoms with Gasteiger partial charge in [0.1, 0.15) is 5.76 Å². The Morgan fingerprint density at radius 2 is 2.33 bits per heavy atom. The zero-order valence-electron chi connectivity index (χ0n) is 8.66. The summed E-state index contributed by atoms with van der Waals surface area (Å²) in [4.78, 5) is 0. The van der Waals surface area contributed by atoms with Crippen molar-refractivity contribution in [2.24, 2.45) is 0 Å². The summed E-state index contributed by atoms with van der Waals surface area (Å²) >= 11 is 5.96. The molecule has 1 aromatic carbocycles. The van der Waals surface area contributed by atoms with Crippen molar-refractivity contribution < 1.29 is 4.74 Å². The zero-order valence-corrected chi connectivity index (χ0v) is 9.42. The van der Waals surface area contributed by atoms with Crippen LogP contribution < -0.4 is 5.32 Å². The summed E-state index contributed by atoms with van der Waals surface area (Å²) in [5, 5.41) is 3.99. The van der Waals surface area contributed by atoms with E-state index in [9.17, 15) is 0 Å². The predicted octanol–water partition coefficient (Wildman–Crippen LogP) is 2.90. The molecule has 0 aliphatic carbocycles. The van der Waals surface area contributed by atoms with Gasteiger partial charge in [-0.2, -0.15) is 0 Å². The van der Waals surface area contributed by atoms with Crippen LogP contribution in [0.2, 0.25) is 5.02 Å². The van der Waals surface area contributed by atoms with E-state index in [4.69, 9.17) is 16.3 Å². The molecular weight excluding hydrogens is 210 g/mol. The molecule has 1 unspecified atom stereocenters. The van der Waals surface area contributed by atoms with Crippen LogP contribution in [0.15, 0.2) is 36.1 Å². The third-order valence-corrected chi connectivity index (χ3v) is 2.72. The van der Waals surface area contributed by atoms with Crippen molar-refractivity contribution in [1.29, 1.82) is 0 Å². The van der Waals surface area contributed by atoms with Crippen LogP contribution in [-0.4, -0.2) is 13.7 Å². The van der Waals surface area contributed by atoms with E-state index in [0.717, 1.165) is 29.4 Å². The van der Waals surface area contributed by atoms with Gasteiger partial charge < -0.3 is 10.1 Å². The van der Waals surface area contributed by atoms with E-state index < -0.39 is 0 Å². The molecule has 0 fully saturated rings. The maximum Gasteiger partial charge on any atom is 0.114 e. The second-order valence-corrected chi connectivity index (χ2v) is 3.96. The van der Waals surface area contributed by atoms with Gasteiger partial charge in [-0.3, -0.25) is 0 Å². The van der Waals surface area contributed by atoms with Crippen LogP contribution in [0.5, 0.6) is 0 Å². The number of rotatable bonds is 3. The minimum atomic E-state index is 0.117. The molecule has 2 nitrogen and oxygen atoms in total. The SMILES string of the molecule is CNC(C1=CCCO1)c1cccc(Cl)c1. The van der Waals surface area contributed by atoms with E-state index >= 15 is 0 Å². The van der Waals surface area contributed by atoms with Gasteiger partial charge in [0.05, 0.1) is 12.6 Å².